The van der Waals surface area contributed by atoms with Crippen LogP contribution in [0.5, 0.6) is 11.5 Å². The number of nitriles is 1. The van der Waals surface area contributed by atoms with Crippen LogP contribution in [0, 0.1) is 17.1 Å². The summed E-state index contributed by atoms with van der Waals surface area (Å²) in [6.07, 6.45) is 1.56. The van der Waals surface area contributed by atoms with Crippen molar-refractivity contribution in [3.8, 4) is 17.6 Å². The number of anilines is 1. The first-order valence-corrected chi connectivity index (χ1v) is 17.1. The molecule has 0 unspecified atom stereocenters. The lowest BCUT2D eigenvalue weighted by atomic mass is 9.87. The molecule has 1 amide bonds. The van der Waals surface area contributed by atoms with Crippen LogP contribution in [0.3, 0.4) is 0 Å². The molecule has 0 aliphatic carbocycles. The van der Waals surface area contributed by atoms with E-state index in [0.717, 1.165) is 16.4 Å². The number of nitrogens with one attached hydrogen (secondary N) is 1. The highest BCUT2D eigenvalue weighted by Gasteiger charge is 2.45. The fourth-order valence-corrected chi connectivity index (χ4v) is 7.57. The molecule has 1 aromatic heterocycles. The maximum absolute atomic E-state index is 15.0. The molecule has 0 saturated carbocycles. The molecule has 6 rings (SSSR count). The van der Waals surface area contributed by atoms with E-state index < -0.39 is 44.7 Å². The number of ether oxygens (including phenoxy) is 3. The molecule has 16 heteroatoms. The van der Waals surface area contributed by atoms with Crippen molar-refractivity contribution < 1.29 is 36.2 Å². The third-order valence-electron chi connectivity index (χ3n) is 8.78. The number of halogens is 2. The maximum atomic E-state index is 15.0. The summed E-state index contributed by atoms with van der Waals surface area (Å²) in [4.78, 5) is 32.3. The molecule has 48 heavy (non-hydrogen) atoms. The first kappa shape index (κ1) is 33.6. The minimum atomic E-state index is -4.22. The number of nitrogens with zero attached hydrogens (tertiary/aromatic N) is 5. The molecule has 0 radical (unpaired) electrons. The first-order chi connectivity index (χ1) is 22.7. The van der Waals surface area contributed by atoms with Gasteiger partial charge in [0.1, 0.15) is 29.2 Å². The van der Waals surface area contributed by atoms with Crippen molar-refractivity contribution in [1.29, 1.82) is 5.26 Å². The van der Waals surface area contributed by atoms with E-state index in [1.165, 1.54) is 29.1 Å². The minimum absolute atomic E-state index is 0.0167. The zero-order chi connectivity index (χ0) is 34.4. The number of rotatable bonds is 6. The highest BCUT2D eigenvalue weighted by atomic mass is 32.2. The van der Waals surface area contributed by atoms with Gasteiger partial charge in [-0.3, -0.25) is 14.1 Å². The molecule has 13 nitrogen and oxygen atoms in total. The van der Waals surface area contributed by atoms with Gasteiger partial charge in [0, 0.05) is 26.2 Å². The number of likely N-dealkylation sites (tertiary alicyclic amines) is 1. The van der Waals surface area contributed by atoms with Crippen molar-refractivity contribution in [2.24, 2.45) is 0 Å². The Labute approximate surface area is 276 Å². The van der Waals surface area contributed by atoms with Crippen LogP contribution in [0.1, 0.15) is 58.1 Å². The lowest BCUT2D eigenvalue weighted by Gasteiger charge is -2.39. The Morgan fingerprint density at radius 2 is 1.94 bits per heavy atom. The lowest BCUT2D eigenvalue weighted by Crippen LogP contribution is -2.48. The van der Waals surface area contributed by atoms with E-state index in [9.17, 15) is 27.7 Å². The number of piperidine rings is 1. The second kappa shape index (κ2) is 12.6. The monoisotopic (exact) mass is 686 g/mol. The number of benzene rings is 2. The summed E-state index contributed by atoms with van der Waals surface area (Å²) >= 11 is 0. The van der Waals surface area contributed by atoms with E-state index >= 15 is 4.39 Å². The molecule has 4 heterocycles. The van der Waals surface area contributed by atoms with Gasteiger partial charge < -0.3 is 19.1 Å². The van der Waals surface area contributed by atoms with E-state index in [4.69, 9.17) is 14.2 Å². The topological polar surface area (TPSA) is 156 Å². The van der Waals surface area contributed by atoms with Crippen LogP contribution in [-0.4, -0.2) is 83.4 Å². The Bertz CT molecular complexity index is 1950. The average molecular weight is 687 g/mol. The molecule has 1 spiro atoms. The Morgan fingerprint density at radius 1 is 1.19 bits per heavy atom. The van der Waals surface area contributed by atoms with Gasteiger partial charge in [0.05, 0.1) is 41.2 Å². The van der Waals surface area contributed by atoms with Crippen LogP contribution < -0.4 is 15.0 Å². The SMILES string of the molecule is CC(C)(C)OC(=O)N1CCC2(CC1)C[C@@H](n1cnc3ccc(Oc4c(F)ccc(NS(=O)(=O)N5CC[C@@H](F)C5)c4C#N)cc3c1=O)CO2. The quantitative estimate of drug-likeness (QED) is 0.391. The van der Waals surface area contributed by atoms with E-state index in [2.05, 4.69) is 9.71 Å². The standard InChI is InChI=1S/C32H36F2N6O7S/c1-31(2,3)47-30(42)38-12-9-32(10-13-38)15-21(18-45-32)40-19-36-26-6-4-22(14-23(26)29(40)41)46-28-24(16-35)27(7-5-25(28)34)37-48(43,44)39-11-8-20(33)17-39/h4-7,14,19-21,37H,8-13,15,17-18H2,1-3H3/t20-,21-/m1/s1. The largest absolute Gasteiger partial charge is 0.453 e. The predicted molar refractivity (Wildman–Crippen MR) is 170 cm³/mol. The second-order valence-corrected chi connectivity index (χ2v) is 15.0. The summed E-state index contributed by atoms with van der Waals surface area (Å²) in [5, 5.41) is 10.0. The van der Waals surface area contributed by atoms with E-state index in [-0.39, 0.29) is 60.6 Å². The molecular weight excluding hydrogens is 650 g/mol. The van der Waals surface area contributed by atoms with Gasteiger partial charge in [0.2, 0.25) is 0 Å². The first-order valence-electron chi connectivity index (χ1n) is 15.6. The lowest BCUT2D eigenvalue weighted by molar-refractivity contribution is -0.0486. The van der Waals surface area contributed by atoms with Crippen molar-refractivity contribution in [2.45, 2.75) is 69.9 Å². The smallest absolute Gasteiger partial charge is 0.410 e. The second-order valence-electron chi connectivity index (χ2n) is 13.3. The number of carbonyl (C=O) groups excluding carboxylic acids is 1. The summed E-state index contributed by atoms with van der Waals surface area (Å²) in [6.45, 7) is 6.30. The normalized spacial score (nSPS) is 21.4. The number of fused-ring (bicyclic) bond motifs is 1. The van der Waals surface area contributed by atoms with Gasteiger partial charge in [0.15, 0.2) is 11.6 Å². The van der Waals surface area contributed by atoms with Crippen molar-refractivity contribution in [2.75, 3.05) is 37.5 Å². The molecule has 3 aliphatic rings. The van der Waals surface area contributed by atoms with Gasteiger partial charge in [-0.05, 0) is 76.8 Å². The molecule has 3 fully saturated rings. The van der Waals surface area contributed by atoms with Crippen molar-refractivity contribution in [3.05, 3.63) is 58.4 Å². The Morgan fingerprint density at radius 3 is 2.60 bits per heavy atom. The fourth-order valence-electron chi connectivity index (χ4n) is 6.29. The number of aromatic nitrogens is 2. The molecule has 3 aromatic rings. The number of alkyl halides is 1. The summed E-state index contributed by atoms with van der Waals surface area (Å²) in [7, 11) is -4.22. The molecule has 2 atom stereocenters. The Kier molecular flexibility index (Phi) is 8.81. The van der Waals surface area contributed by atoms with Crippen LogP contribution in [0.2, 0.25) is 0 Å². The van der Waals surface area contributed by atoms with Gasteiger partial charge in [-0.25, -0.2) is 18.6 Å². The number of hydrogen-bond acceptors (Lipinski definition) is 9. The highest BCUT2D eigenvalue weighted by Crippen LogP contribution is 2.41. The maximum Gasteiger partial charge on any atom is 0.410 e. The van der Waals surface area contributed by atoms with Crippen molar-refractivity contribution in [1.82, 2.24) is 18.8 Å². The number of hydrogen-bond donors (Lipinski definition) is 1. The Balaban J connectivity index is 1.20. The fraction of sp³-hybridized carbons (Fsp3) is 0.500. The van der Waals surface area contributed by atoms with Gasteiger partial charge in [0.25, 0.3) is 5.56 Å². The summed E-state index contributed by atoms with van der Waals surface area (Å²) in [5.41, 5.74) is -1.77. The van der Waals surface area contributed by atoms with E-state index in [0.29, 0.717) is 37.9 Å². The third-order valence-corrected chi connectivity index (χ3v) is 10.3. The molecule has 0 bridgehead atoms. The van der Waals surface area contributed by atoms with Gasteiger partial charge in [-0.1, -0.05) is 0 Å². The van der Waals surface area contributed by atoms with E-state index in [1.54, 1.807) is 11.0 Å². The highest BCUT2D eigenvalue weighted by molar-refractivity contribution is 7.90. The minimum Gasteiger partial charge on any atom is -0.453 e. The molecule has 3 saturated heterocycles. The predicted octanol–water partition coefficient (Wildman–Crippen LogP) is 4.63. The summed E-state index contributed by atoms with van der Waals surface area (Å²) in [6, 6.07) is 7.85. The zero-order valence-corrected chi connectivity index (χ0v) is 27.6. The van der Waals surface area contributed by atoms with Crippen LogP contribution in [0.4, 0.5) is 19.3 Å². The van der Waals surface area contributed by atoms with Crippen LogP contribution in [0.15, 0.2) is 41.5 Å². The van der Waals surface area contributed by atoms with Gasteiger partial charge in [-0.2, -0.15) is 18.0 Å². The van der Waals surface area contributed by atoms with Crippen LogP contribution in [0.25, 0.3) is 10.9 Å². The molecule has 3 aliphatic heterocycles. The zero-order valence-electron chi connectivity index (χ0n) is 26.7. The molecule has 1 N–H and O–H groups in total. The number of amides is 1. The van der Waals surface area contributed by atoms with Gasteiger partial charge >= 0.3 is 16.3 Å². The van der Waals surface area contributed by atoms with Crippen LogP contribution in [-0.2, 0) is 19.7 Å². The third kappa shape index (κ3) is 6.80. The number of carbonyl (C=O) groups is 1. The van der Waals surface area contributed by atoms with Crippen molar-refractivity contribution >= 4 is 32.9 Å². The van der Waals surface area contributed by atoms with E-state index in [1.807, 2.05) is 20.8 Å². The molecule has 2 aromatic carbocycles. The van der Waals surface area contributed by atoms with Crippen molar-refractivity contribution in [3.63, 3.8) is 0 Å². The molecular formula is C32H36F2N6O7S. The van der Waals surface area contributed by atoms with Gasteiger partial charge in [-0.15, -0.1) is 0 Å². The average Bonchev–Trinajstić information content (AvgIpc) is 3.65. The van der Waals surface area contributed by atoms with Crippen LogP contribution >= 0.6 is 0 Å². The summed E-state index contributed by atoms with van der Waals surface area (Å²) in [5.74, 6) is -1.47. The summed E-state index contributed by atoms with van der Waals surface area (Å²) < 4.78 is 76.4. The molecule has 256 valence electrons. The Hall–Kier alpha value is -4.33.